The third-order valence-corrected chi connectivity index (χ3v) is 3.09. The lowest BCUT2D eigenvalue weighted by molar-refractivity contribution is -0.384. The van der Waals surface area contributed by atoms with Gasteiger partial charge in [0.1, 0.15) is 5.56 Å². The van der Waals surface area contributed by atoms with Crippen LogP contribution in [0, 0.1) is 17.0 Å². The number of non-ortho nitro benzene ring substituents is 1. The number of benzene rings is 1. The van der Waals surface area contributed by atoms with Crippen LogP contribution in [0.15, 0.2) is 34.0 Å². The second kappa shape index (κ2) is 5.64. The van der Waals surface area contributed by atoms with Crippen LogP contribution in [0.2, 0.25) is 0 Å². The molecule has 0 spiro atoms. The highest BCUT2D eigenvalue weighted by atomic mass is 16.6. The van der Waals surface area contributed by atoms with E-state index in [9.17, 15) is 24.5 Å². The van der Waals surface area contributed by atoms with E-state index in [0.717, 1.165) is 10.8 Å². The van der Waals surface area contributed by atoms with Crippen LogP contribution in [0.5, 0.6) is 0 Å². The lowest BCUT2D eigenvalue weighted by Crippen LogP contribution is -2.37. The number of rotatable bonds is 3. The topological polar surface area (TPSA) is 127 Å². The Bertz CT molecular complexity index is 881. The van der Waals surface area contributed by atoms with Gasteiger partial charge in [0.2, 0.25) is 0 Å². The number of anilines is 1. The average Bonchev–Trinajstić information content (AvgIpc) is 2.46. The third kappa shape index (κ3) is 2.77. The van der Waals surface area contributed by atoms with Gasteiger partial charge in [0, 0.05) is 31.1 Å². The highest BCUT2D eigenvalue weighted by molar-refractivity contribution is 6.04. The lowest BCUT2D eigenvalue weighted by atomic mass is 10.1. The van der Waals surface area contributed by atoms with Gasteiger partial charge >= 0.3 is 5.69 Å². The molecule has 0 atom stereocenters. The fourth-order valence-corrected chi connectivity index (χ4v) is 1.82. The highest BCUT2D eigenvalue weighted by Crippen LogP contribution is 2.21. The number of nitro groups is 1. The van der Waals surface area contributed by atoms with E-state index in [0.29, 0.717) is 11.3 Å². The van der Waals surface area contributed by atoms with Crippen LogP contribution in [-0.2, 0) is 7.05 Å². The summed E-state index contributed by atoms with van der Waals surface area (Å²) in [5.41, 5.74) is -0.892. The Kier molecular flexibility index (Phi) is 3.89. The van der Waals surface area contributed by atoms with E-state index in [-0.39, 0.29) is 11.3 Å². The summed E-state index contributed by atoms with van der Waals surface area (Å²) < 4.78 is 0.775. The first-order chi connectivity index (χ1) is 10.3. The molecule has 0 aliphatic heterocycles. The predicted octanol–water partition coefficient (Wildman–Crippen LogP) is 0.543. The Morgan fingerprint density at radius 3 is 2.64 bits per heavy atom. The molecule has 2 aromatic rings. The monoisotopic (exact) mass is 304 g/mol. The molecule has 0 saturated carbocycles. The minimum Gasteiger partial charge on any atom is -0.322 e. The van der Waals surface area contributed by atoms with Crippen LogP contribution in [0.25, 0.3) is 0 Å². The molecule has 0 saturated heterocycles. The maximum Gasteiger partial charge on any atom is 0.328 e. The molecular weight excluding hydrogens is 292 g/mol. The number of amides is 1. The zero-order valence-electron chi connectivity index (χ0n) is 11.7. The van der Waals surface area contributed by atoms with E-state index in [2.05, 4.69) is 10.3 Å². The minimum absolute atomic E-state index is 0.101. The van der Waals surface area contributed by atoms with Gasteiger partial charge in [-0.2, -0.15) is 0 Å². The Labute approximate surface area is 123 Å². The molecule has 9 nitrogen and oxygen atoms in total. The number of nitrogens with one attached hydrogen (secondary N) is 2. The SMILES string of the molecule is Cc1cc([N+](=O)[O-])ccc1NC(=O)c1c[nH]c(=O)n(C)c1=O. The van der Waals surface area contributed by atoms with Gasteiger partial charge < -0.3 is 10.3 Å². The predicted molar refractivity (Wildman–Crippen MR) is 78.1 cm³/mol. The summed E-state index contributed by atoms with van der Waals surface area (Å²) in [7, 11) is 1.25. The number of hydrogen-bond acceptors (Lipinski definition) is 5. The van der Waals surface area contributed by atoms with Crippen LogP contribution in [-0.4, -0.2) is 20.4 Å². The fourth-order valence-electron chi connectivity index (χ4n) is 1.82. The molecule has 114 valence electrons. The normalized spacial score (nSPS) is 10.3. The van der Waals surface area contributed by atoms with Crippen molar-refractivity contribution in [2.45, 2.75) is 6.92 Å². The van der Waals surface area contributed by atoms with E-state index in [1.165, 1.54) is 25.2 Å². The molecule has 1 aromatic heterocycles. The number of aromatic amines is 1. The van der Waals surface area contributed by atoms with Crippen molar-refractivity contribution in [3.63, 3.8) is 0 Å². The van der Waals surface area contributed by atoms with Gasteiger partial charge in [0.25, 0.3) is 17.2 Å². The Morgan fingerprint density at radius 2 is 2.05 bits per heavy atom. The molecule has 1 aromatic carbocycles. The van der Waals surface area contributed by atoms with Gasteiger partial charge in [-0.3, -0.25) is 24.3 Å². The summed E-state index contributed by atoms with van der Waals surface area (Å²) in [5.74, 6) is -0.714. The molecule has 0 radical (unpaired) electrons. The zero-order chi connectivity index (χ0) is 16.4. The summed E-state index contributed by atoms with van der Waals surface area (Å²) in [5, 5.41) is 13.1. The summed E-state index contributed by atoms with van der Waals surface area (Å²) >= 11 is 0. The van der Waals surface area contributed by atoms with Gasteiger partial charge in [0.05, 0.1) is 4.92 Å². The number of nitrogens with zero attached hydrogens (tertiary/aromatic N) is 2. The fraction of sp³-hybridized carbons (Fsp3) is 0.154. The van der Waals surface area contributed by atoms with Crippen molar-refractivity contribution in [3.05, 3.63) is 66.5 Å². The molecule has 0 fully saturated rings. The van der Waals surface area contributed by atoms with Gasteiger partial charge in [-0.05, 0) is 18.6 Å². The van der Waals surface area contributed by atoms with E-state index in [4.69, 9.17) is 0 Å². The van der Waals surface area contributed by atoms with Crippen LogP contribution in [0.4, 0.5) is 11.4 Å². The van der Waals surface area contributed by atoms with E-state index < -0.39 is 22.1 Å². The van der Waals surface area contributed by atoms with E-state index >= 15 is 0 Å². The second-order valence-electron chi connectivity index (χ2n) is 4.58. The molecule has 0 bridgehead atoms. The molecule has 0 aliphatic rings. The smallest absolute Gasteiger partial charge is 0.322 e. The lowest BCUT2D eigenvalue weighted by Gasteiger charge is -2.08. The molecule has 1 heterocycles. The second-order valence-corrected chi connectivity index (χ2v) is 4.58. The number of hydrogen-bond donors (Lipinski definition) is 2. The third-order valence-electron chi connectivity index (χ3n) is 3.09. The van der Waals surface area contributed by atoms with Crippen molar-refractivity contribution >= 4 is 17.3 Å². The summed E-state index contributed by atoms with van der Waals surface area (Å²) in [6.07, 6.45) is 1.03. The van der Waals surface area contributed by atoms with Crippen molar-refractivity contribution in [3.8, 4) is 0 Å². The number of H-pyrrole nitrogens is 1. The Balaban J connectivity index is 2.34. The number of aromatic nitrogens is 2. The van der Waals surface area contributed by atoms with Crippen molar-refractivity contribution in [2.75, 3.05) is 5.32 Å². The van der Waals surface area contributed by atoms with Crippen molar-refractivity contribution in [1.29, 1.82) is 0 Å². The van der Waals surface area contributed by atoms with Gasteiger partial charge in [-0.25, -0.2) is 4.79 Å². The highest BCUT2D eigenvalue weighted by Gasteiger charge is 2.15. The van der Waals surface area contributed by atoms with E-state index in [1.54, 1.807) is 6.92 Å². The summed E-state index contributed by atoms with van der Waals surface area (Å²) in [6.45, 7) is 1.59. The largest absolute Gasteiger partial charge is 0.328 e. The quantitative estimate of drug-likeness (QED) is 0.632. The summed E-state index contributed by atoms with van der Waals surface area (Å²) in [4.78, 5) is 47.6. The standard InChI is InChI=1S/C13H12N4O5/c1-7-5-8(17(21)22)3-4-10(7)15-11(18)9-6-14-13(20)16(2)12(9)19/h3-6H,1-2H3,(H,14,20)(H,15,18). The number of nitro benzene ring substituents is 1. The Hall–Kier alpha value is -3.23. The zero-order valence-corrected chi connectivity index (χ0v) is 11.7. The van der Waals surface area contributed by atoms with Crippen molar-refractivity contribution in [1.82, 2.24) is 9.55 Å². The minimum atomic E-state index is -0.735. The molecule has 0 aliphatic carbocycles. The summed E-state index contributed by atoms with van der Waals surface area (Å²) in [6, 6.07) is 3.93. The van der Waals surface area contributed by atoms with Crippen molar-refractivity contribution in [2.24, 2.45) is 7.05 Å². The van der Waals surface area contributed by atoms with Gasteiger partial charge in [-0.1, -0.05) is 0 Å². The maximum atomic E-state index is 12.1. The molecule has 2 rings (SSSR count). The molecule has 9 heteroatoms. The first kappa shape index (κ1) is 15.2. The average molecular weight is 304 g/mol. The van der Waals surface area contributed by atoms with Crippen LogP contribution in [0.3, 0.4) is 0 Å². The number of carbonyl (C=O) groups excluding carboxylic acids is 1. The Morgan fingerprint density at radius 1 is 1.36 bits per heavy atom. The number of aryl methyl sites for hydroxylation is 1. The molecule has 2 N–H and O–H groups in total. The van der Waals surface area contributed by atoms with E-state index in [1.807, 2.05) is 0 Å². The molecule has 22 heavy (non-hydrogen) atoms. The van der Waals surface area contributed by atoms with Crippen LogP contribution >= 0.6 is 0 Å². The number of carbonyl (C=O) groups is 1. The van der Waals surface area contributed by atoms with Crippen LogP contribution < -0.4 is 16.6 Å². The van der Waals surface area contributed by atoms with Gasteiger partial charge in [-0.15, -0.1) is 0 Å². The maximum absolute atomic E-state index is 12.1. The first-order valence-corrected chi connectivity index (χ1v) is 6.16. The molecular formula is C13H12N4O5. The van der Waals surface area contributed by atoms with Gasteiger partial charge in [0.15, 0.2) is 0 Å². The van der Waals surface area contributed by atoms with Crippen molar-refractivity contribution < 1.29 is 9.72 Å². The first-order valence-electron chi connectivity index (χ1n) is 6.16. The van der Waals surface area contributed by atoms with Crippen LogP contribution in [0.1, 0.15) is 15.9 Å². The molecule has 0 unspecified atom stereocenters. The molecule has 1 amide bonds.